The number of nitrogens with one attached hydrogen (secondary N) is 1. The zero-order valence-electron chi connectivity index (χ0n) is 15.1. The fourth-order valence-electron chi connectivity index (χ4n) is 3.30. The Kier molecular flexibility index (Phi) is 7.45. The van der Waals surface area contributed by atoms with Gasteiger partial charge in [-0.2, -0.15) is 0 Å². The van der Waals surface area contributed by atoms with Crippen LogP contribution in [-0.2, 0) is 24.7 Å². The Labute approximate surface area is 132 Å². The molecule has 0 aliphatic carbocycles. The van der Waals surface area contributed by atoms with Gasteiger partial charge in [0, 0.05) is 0 Å². The van der Waals surface area contributed by atoms with Gasteiger partial charge in [-0.3, -0.25) is 0 Å². The van der Waals surface area contributed by atoms with Gasteiger partial charge in [0.1, 0.15) is 0 Å². The van der Waals surface area contributed by atoms with Crippen molar-refractivity contribution in [2.75, 3.05) is 13.1 Å². The van der Waals surface area contributed by atoms with Crippen LogP contribution in [0.2, 0.25) is 0 Å². The van der Waals surface area contributed by atoms with Gasteiger partial charge in [0.05, 0.1) is 0 Å². The highest BCUT2D eigenvalue weighted by molar-refractivity contribution is 5.44. The van der Waals surface area contributed by atoms with Crippen LogP contribution in [0.1, 0.15) is 76.6 Å². The number of hydrogen-bond donors (Lipinski definition) is 1. The quantitative estimate of drug-likeness (QED) is 0.628. The summed E-state index contributed by atoms with van der Waals surface area (Å²) in [5, 5.41) is 3.56. The van der Waals surface area contributed by atoms with Gasteiger partial charge < -0.3 is 5.32 Å². The van der Waals surface area contributed by atoms with Crippen LogP contribution in [0.4, 0.5) is 0 Å². The van der Waals surface area contributed by atoms with Gasteiger partial charge in [-0.15, -0.1) is 0 Å². The number of aryl methyl sites for hydroxylation is 3. The molecule has 0 atom stereocenters. The molecule has 1 nitrogen and oxygen atoms in total. The second kappa shape index (κ2) is 8.58. The van der Waals surface area contributed by atoms with E-state index >= 15 is 0 Å². The van der Waals surface area contributed by atoms with Crippen molar-refractivity contribution in [1.29, 1.82) is 0 Å². The van der Waals surface area contributed by atoms with Crippen LogP contribution in [-0.4, -0.2) is 13.1 Å². The van der Waals surface area contributed by atoms with E-state index in [4.69, 9.17) is 0 Å². The first-order chi connectivity index (χ1) is 10.00. The molecule has 0 saturated carbocycles. The first-order valence-corrected chi connectivity index (χ1v) is 8.85. The van der Waals surface area contributed by atoms with Crippen molar-refractivity contribution >= 4 is 0 Å². The van der Waals surface area contributed by atoms with E-state index in [0.717, 1.165) is 32.4 Å². The summed E-state index contributed by atoms with van der Waals surface area (Å²) in [6.45, 7) is 16.2. The lowest BCUT2D eigenvalue weighted by molar-refractivity contribution is 0.450. The molecular weight excluding hydrogens is 254 g/mol. The highest BCUT2D eigenvalue weighted by Crippen LogP contribution is 2.34. The molecular formula is C20H35N. The van der Waals surface area contributed by atoms with Crippen molar-refractivity contribution in [3.63, 3.8) is 0 Å². The van der Waals surface area contributed by atoms with Crippen LogP contribution in [0.15, 0.2) is 12.1 Å². The SMILES string of the molecule is CCCNCCC(C)(C)c1c(CC)cc(CC)cc1CC. The standard InChI is InChI=1S/C20H35N/c1-7-12-21-13-11-20(5,6)19-17(9-3)14-16(8-2)15-18(19)10-4/h14-15,21H,7-13H2,1-6H3. The van der Waals surface area contributed by atoms with E-state index in [-0.39, 0.29) is 5.41 Å². The largest absolute Gasteiger partial charge is 0.317 e. The maximum atomic E-state index is 3.56. The van der Waals surface area contributed by atoms with E-state index < -0.39 is 0 Å². The van der Waals surface area contributed by atoms with Gasteiger partial charge in [-0.05, 0) is 72.9 Å². The maximum Gasteiger partial charge on any atom is -0.00406 e. The smallest absolute Gasteiger partial charge is 0.00406 e. The van der Waals surface area contributed by atoms with Crippen LogP contribution >= 0.6 is 0 Å². The van der Waals surface area contributed by atoms with Crippen LogP contribution in [0.25, 0.3) is 0 Å². The van der Waals surface area contributed by atoms with Gasteiger partial charge in [0.2, 0.25) is 0 Å². The summed E-state index contributed by atoms with van der Waals surface area (Å²) in [5.74, 6) is 0. The van der Waals surface area contributed by atoms with Crippen LogP contribution in [0, 0.1) is 0 Å². The Hall–Kier alpha value is -0.820. The lowest BCUT2D eigenvalue weighted by Gasteiger charge is -2.31. The fraction of sp³-hybridized carbons (Fsp3) is 0.700. The van der Waals surface area contributed by atoms with E-state index in [1.165, 1.54) is 18.4 Å². The van der Waals surface area contributed by atoms with E-state index in [1.54, 1.807) is 16.7 Å². The number of benzene rings is 1. The van der Waals surface area contributed by atoms with Crippen molar-refractivity contribution in [3.8, 4) is 0 Å². The molecule has 0 aliphatic rings. The summed E-state index contributed by atoms with van der Waals surface area (Å²) in [6, 6.07) is 4.88. The van der Waals surface area contributed by atoms with E-state index in [0.29, 0.717) is 0 Å². The molecule has 1 heteroatoms. The molecule has 0 spiro atoms. The van der Waals surface area contributed by atoms with E-state index in [1.807, 2.05) is 0 Å². The molecule has 0 radical (unpaired) electrons. The number of rotatable bonds is 9. The van der Waals surface area contributed by atoms with Crippen LogP contribution < -0.4 is 5.32 Å². The minimum Gasteiger partial charge on any atom is -0.317 e. The van der Waals surface area contributed by atoms with Gasteiger partial charge in [0.25, 0.3) is 0 Å². The molecule has 1 aromatic rings. The first kappa shape index (κ1) is 18.2. The predicted molar refractivity (Wildman–Crippen MR) is 95.4 cm³/mol. The molecule has 0 saturated heterocycles. The fourth-order valence-corrected chi connectivity index (χ4v) is 3.30. The van der Waals surface area contributed by atoms with Crippen molar-refractivity contribution in [2.45, 2.75) is 79.1 Å². The molecule has 0 heterocycles. The second-order valence-electron chi connectivity index (χ2n) is 6.73. The maximum absolute atomic E-state index is 3.56. The summed E-state index contributed by atoms with van der Waals surface area (Å²) in [5.41, 5.74) is 6.48. The minimum atomic E-state index is 0.254. The molecule has 0 unspecified atom stereocenters. The average Bonchev–Trinajstić information content (AvgIpc) is 2.49. The first-order valence-electron chi connectivity index (χ1n) is 8.85. The molecule has 0 aromatic heterocycles. The van der Waals surface area contributed by atoms with Gasteiger partial charge in [-0.25, -0.2) is 0 Å². The molecule has 0 aliphatic heterocycles. The molecule has 21 heavy (non-hydrogen) atoms. The molecule has 1 aromatic carbocycles. The Bertz CT molecular complexity index is 406. The van der Waals surface area contributed by atoms with E-state index in [2.05, 4.69) is 59.0 Å². The molecule has 1 rings (SSSR count). The van der Waals surface area contributed by atoms with Crippen molar-refractivity contribution in [3.05, 3.63) is 34.4 Å². The lowest BCUT2D eigenvalue weighted by Crippen LogP contribution is -2.28. The molecule has 120 valence electrons. The number of hydrogen-bond acceptors (Lipinski definition) is 1. The van der Waals surface area contributed by atoms with Crippen molar-refractivity contribution < 1.29 is 0 Å². The molecule has 1 N–H and O–H groups in total. The highest BCUT2D eigenvalue weighted by atomic mass is 14.8. The third-order valence-corrected chi connectivity index (χ3v) is 4.56. The average molecular weight is 290 g/mol. The zero-order chi connectivity index (χ0) is 15.9. The second-order valence-corrected chi connectivity index (χ2v) is 6.73. The third kappa shape index (κ3) is 4.85. The Morgan fingerprint density at radius 1 is 0.857 bits per heavy atom. The molecule has 0 fully saturated rings. The van der Waals surface area contributed by atoms with Gasteiger partial charge in [-0.1, -0.05) is 53.7 Å². The molecule has 0 bridgehead atoms. The highest BCUT2D eigenvalue weighted by Gasteiger charge is 2.25. The Morgan fingerprint density at radius 2 is 1.43 bits per heavy atom. The van der Waals surface area contributed by atoms with Gasteiger partial charge >= 0.3 is 0 Å². The Balaban J connectivity index is 3.07. The summed E-state index contributed by atoms with van der Waals surface area (Å²) in [4.78, 5) is 0. The Morgan fingerprint density at radius 3 is 1.86 bits per heavy atom. The normalized spacial score (nSPS) is 11.9. The van der Waals surface area contributed by atoms with E-state index in [9.17, 15) is 0 Å². The summed E-state index contributed by atoms with van der Waals surface area (Å²) in [7, 11) is 0. The van der Waals surface area contributed by atoms with Crippen molar-refractivity contribution in [1.82, 2.24) is 5.32 Å². The molecule has 0 amide bonds. The summed E-state index contributed by atoms with van der Waals surface area (Å²) in [6.07, 6.45) is 5.84. The zero-order valence-corrected chi connectivity index (χ0v) is 15.1. The monoisotopic (exact) mass is 289 g/mol. The third-order valence-electron chi connectivity index (χ3n) is 4.56. The minimum absolute atomic E-state index is 0.254. The van der Waals surface area contributed by atoms with Gasteiger partial charge in [0.15, 0.2) is 0 Å². The van der Waals surface area contributed by atoms with Crippen LogP contribution in [0.3, 0.4) is 0 Å². The summed E-state index contributed by atoms with van der Waals surface area (Å²) >= 11 is 0. The van der Waals surface area contributed by atoms with Crippen molar-refractivity contribution in [2.24, 2.45) is 0 Å². The topological polar surface area (TPSA) is 12.0 Å². The predicted octanol–water partition coefficient (Wildman–Crippen LogP) is 5.04. The lowest BCUT2D eigenvalue weighted by atomic mass is 9.75. The van der Waals surface area contributed by atoms with Crippen LogP contribution in [0.5, 0.6) is 0 Å². The summed E-state index contributed by atoms with van der Waals surface area (Å²) < 4.78 is 0.